The summed E-state index contributed by atoms with van der Waals surface area (Å²) in [6, 6.07) is 0. The van der Waals surface area contributed by atoms with E-state index in [1.165, 1.54) is 11.1 Å². The second kappa shape index (κ2) is 11.2. The van der Waals surface area contributed by atoms with Gasteiger partial charge < -0.3 is 0 Å². The summed E-state index contributed by atoms with van der Waals surface area (Å²) < 4.78 is 0. The maximum atomic E-state index is 3.78. The highest BCUT2D eigenvalue weighted by atomic mass is 13.9. The molecule has 0 spiro atoms. The van der Waals surface area contributed by atoms with Gasteiger partial charge in [0.15, 0.2) is 0 Å². The van der Waals surface area contributed by atoms with Crippen molar-refractivity contribution in [3.8, 4) is 0 Å². The minimum absolute atomic E-state index is 0. The average Bonchev–Trinajstić information content (AvgIpc) is 2.03. The molecule has 0 saturated carbocycles. The molecule has 0 aliphatic rings. The van der Waals surface area contributed by atoms with Gasteiger partial charge in [0.1, 0.15) is 0 Å². The van der Waals surface area contributed by atoms with E-state index in [0.717, 1.165) is 5.57 Å². The Morgan fingerprint density at radius 2 is 1.31 bits per heavy atom. The quantitative estimate of drug-likeness (QED) is 0.519. The maximum Gasteiger partial charge on any atom is -0.0398 e. The van der Waals surface area contributed by atoms with E-state index in [1.54, 1.807) is 0 Å². The van der Waals surface area contributed by atoms with Crippen molar-refractivity contribution in [1.82, 2.24) is 0 Å². The SMILES string of the molecule is C.C=C(C)/C=C\C(C)=C(C)C.CC. The molecule has 0 aromatic heterocycles. The summed E-state index contributed by atoms with van der Waals surface area (Å²) in [7, 11) is 0. The van der Waals surface area contributed by atoms with E-state index in [9.17, 15) is 0 Å². The van der Waals surface area contributed by atoms with Crippen molar-refractivity contribution in [3.05, 3.63) is 35.5 Å². The van der Waals surface area contributed by atoms with E-state index in [4.69, 9.17) is 0 Å². The molecule has 0 nitrogen and oxygen atoms in total. The molecule has 0 N–H and O–H groups in total. The van der Waals surface area contributed by atoms with Crippen molar-refractivity contribution in [2.45, 2.75) is 49.0 Å². The first kappa shape index (κ1) is 18.1. The highest BCUT2D eigenvalue weighted by molar-refractivity contribution is 5.26. The lowest BCUT2D eigenvalue weighted by Crippen LogP contribution is -1.73. The van der Waals surface area contributed by atoms with Gasteiger partial charge in [-0.3, -0.25) is 0 Å². The summed E-state index contributed by atoms with van der Waals surface area (Å²) in [6.45, 7) is 16.1. The topological polar surface area (TPSA) is 0 Å². The molecule has 13 heavy (non-hydrogen) atoms. The second-order valence-electron chi connectivity index (χ2n) is 2.86. The lowest BCUT2D eigenvalue weighted by molar-refractivity contribution is 1.29. The minimum Gasteiger partial charge on any atom is -0.0961 e. The van der Waals surface area contributed by atoms with Crippen LogP contribution in [0, 0.1) is 0 Å². The number of hydrogen-bond acceptors (Lipinski definition) is 0. The van der Waals surface area contributed by atoms with Crippen molar-refractivity contribution in [1.29, 1.82) is 0 Å². The average molecular weight is 182 g/mol. The third-order valence-electron chi connectivity index (χ3n) is 1.41. The van der Waals surface area contributed by atoms with Crippen LogP contribution in [0.5, 0.6) is 0 Å². The fraction of sp³-hybridized carbons (Fsp3) is 0.538. The molecule has 0 aliphatic heterocycles. The van der Waals surface area contributed by atoms with Gasteiger partial charge in [-0.25, -0.2) is 0 Å². The van der Waals surface area contributed by atoms with Gasteiger partial charge in [0, 0.05) is 0 Å². The maximum absolute atomic E-state index is 3.78. The Labute approximate surface area is 85.1 Å². The molecular formula is C13H26. The van der Waals surface area contributed by atoms with Crippen LogP contribution in [0.1, 0.15) is 49.0 Å². The molecule has 0 bridgehead atoms. The first-order valence-corrected chi connectivity index (χ1v) is 4.51. The summed E-state index contributed by atoms with van der Waals surface area (Å²) in [5.41, 5.74) is 3.78. The van der Waals surface area contributed by atoms with Crippen molar-refractivity contribution >= 4 is 0 Å². The highest BCUT2D eigenvalue weighted by Gasteiger charge is 1.83. The van der Waals surface area contributed by atoms with Crippen LogP contribution in [0.2, 0.25) is 0 Å². The van der Waals surface area contributed by atoms with Crippen LogP contribution in [0.3, 0.4) is 0 Å². The van der Waals surface area contributed by atoms with Crippen molar-refractivity contribution < 1.29 is 0 Å². The largest absolute Gasteiger partial charge is 0.0961 e. The second-order valence-corrected chi connectivity index (χ2v) is 2.86. The van der Waals surface area contributed by atoms with Crippen molar-refractivity contribution in [2.75, 3.05) is 0 Å². The Morgan fingerprint density at radius 3 is 1.54 bits per heavy atom. The van der Waals surface area contributed by atoms with Crippen LogP contribution < -0.4 is 0 Å². The molecule has 0 rings (SSSR count). The number of allylic oxidation sites excluding steroid dienone is 5. The van der Waals surface area contributed by atoms with Crippen LogP contribution in [0.4, 0.5) is 0 Å². The van der Waals surface area contributed by atoms with E-state index in [2.05, 4.69) is 33.4 Å². The van der Waals surface area contributed by atoms with E-state index in [1.807, 2.05) is 26.8 Å². The summed E-state index contributed by atoms with van der Waals surface area (Å²) in [5, 5.41) is 0. The molecule has 0 aromatic carbocycles. The van der Waals surface area contributed by atoms with Gasteiger partial charge in [-0.05, 0) is 27.7 Å². The summed E-state index contributed by atoms with van der Waals surface area (Å²) in [4.78, 5) is 0. The molecule has 0 amide bonds. The van der Waals surface area contributed by atoms with Crippen LogP contribution >= 0.6 is 0 Å². The first-order valence-electron chi connectivity index (χ1n) is 4.51. The number of rotatable bonds is 2. The van der Waals surface area contributed by atoms with Gasteiger partial charge in [0.25, 0.3) is 0 Å². The number of hydrogen-bond donors (Lipinski definition) is 0. The Hall–Kier alpha value is -0.780. The molecule has 0 aliphatic carbocycles. The Bertz CT molecular complexity index is 176. The van der Waals surface area contributed by atoms with E-state index in [-0.39, 0.29) is 7.43 Å². The summed E-state index contributed by atoms with van der Waals surface area (Å²) in [6.07, 6.45) is 4.12. The Balaban J connectivity index is -0.000000309. The summed E-state index contributed by atoms with van der Waals surface area (Å²) in [5.74, 6) is 0. The van der Waals surface area contributed by atoms with Crippen LogP contribution in [-0.4, -0.2) is 0 Å². The lowest BCUT2D eigenvalue weighted by Gasteiger charge is -1.94. The molecule has 0 unspecified atom stereocenters. The van der Waals surface area contributed by atoms with Crippen LogP contribution in [-0.2, 0) is 0 Å². The van der Waals surface area contributed by atoms with Crippen LogP contribution in [0.15, 0.2) is 35.5 Å². The zero-order valence-electron chi connectivity index (χ0n) is 9.36. The molecule has 0 radical (unpaired) electrons. The first-order chi connectivity index (χ1) is 5.54. The van der Waals surface area contributed by atoms with Gasteiger partial charge in [0.05, 0.1) is 0 Å². The molecular weight excluding hydrogens is 156 g/mol. The molecule has 78 valence electrons. The standard InChI is InChI=1S/C10H16.C2H6.CH4/c1-8(2)6-7-10(5)9(3)4;1-2;/h6-7H,1H2,2-5H3;1-2H3;1H4/b7-6-;;. The molecule has 0 fully saturated rings. The third-order valence-corrected chi connectivity index (χ3v) is 1.41. The smallest absolute Gasteiger partial charge is 0.0398 e. The van der Waals surface area contributed by atoms with Crippen molar-refractivity contribution in [3.63, 3.8) is 0 Å². The summed E-state index contributed by atoms with van der Waals surface area (Å²) >= 11 is 0. The molecule has 0 atom stereocenters. The highest BCUT2D eigenvalue weighted by Crippen LogP contribution is 2.04. The minimum atomic E-state index is 0. The fourth-order valence-corrected chi connectivity index (χ4v) is 0.434. The van der Waals surface area contributed by atoms with Crippen LogP contribution in [0.25, 0.3) is 0 Å². The fourth-order valence-electron chi connectivity index (χ4n) is 0.434. The van der Waals surface area contributed by atoms with E-state index in [0.29, 0.717) is 0 Å². The predicted octanol–water partition coefficient (Wildman–Crippen LogP) is 5.14. The normalized spacial score (nSPS) is 8.15. The zero-order chi connectivity index (χ0) is 10.1. The van der Waals surface area contributed by atoms with Gasteiger partial charge in [-0.15, -0.1) is 0 Å². The molecule has 0 heterocycles. The van der Waals surface area contributed by atoms with Gasteiger partial charge in [-0.1, -0.05) is 56.7 Å². The lowest BCUT2D eigenvalue weighted by atomic mass is 10.1. The van der Waals surface area contributed by atoms with Gasteiger partial charge in [0.2, 0.25) is 0 Å². The van der Waals surface area contributed by atoms with Crippen molar-refractivity contribution in [2.24, 2.45) is 0 Å². The van der Waals surface area contributed by atoms with E-state index >= 15 is 0 Å². The zero-order valence-corrected chi connectivity index (χ0v) is 9.36. The van der Waals surface area contributed by atoms with Gasteiger partial charge in [-0.2, -0.15) is 0 Å². The molecule has 0 aromatic rings. The molecule has 0 saturated heterocycles. The predicted molar refractivity (Wildman–Crippen MR) is 66.1 cm³/mol. The third kappa shape index (κ3) is 14.1. The monoisotopic (exact) mass is 182 g/mol. The Kier molecular flexibility index (Phi) is 15.6. The van der Waals surface area contributed by atoms with E-state index < -0.39 is 0 Å². The molecule has 0 heteroatoms. The van der Waals surface area contributed by atoms with Gasteiger partial charge >= 0.3 is 0 Å². The Morgan fingerprint density at radius 1 is 0.923 bits per heavy atom.